The van der Waals surface area contributed by atoms with Crippen molar-refractivity contribution in [1.29, 1.82) is 0 Å². The summed E-state index contributed by atoms with van der Waals surface area (Å²) < 4.78 is 0. The smallest absolute Gasteiger partial charge is 0.253 e. The first kappa shape index (κ1) is 23.6. The lowest BCUT2D eigenvalue weighted by Crippen LogP contribution is -2.29. The minimum atomic E-state index is -0.407. The topological polar surface area (TPSA) is 46.2 Å². The summed E-state index contributed by atoms with van der Waals surface area (Å²) >= 11 is 0. The Morgan fingerprint density at radius 3 is 1.68 bits per heavy atom. The van der Waals surface area contributed by atoms with Gasteiger partial charge in [0.15, 0.2) is 0 Å². The van der Waals surface area contributed by atoms with E-state index >= 15 is 0 Å². The minimum Gasteiger partial charge on any atom is -0.289 e. The Morgan fingerprint density at radius 1 is 0.800 bits per heavy atom. The Labute approximate surface area is 155 Å². The second-order valence-corrected chi connectivity index (χ2v) is 7.03. The molecule has 0 rings (SSSR count). The zero-order valence-corrected chi connectivity index (χ0v) is 16.6. The van der Waals surface area contributed by atoms with Crippen LogP contribution in [0.4, 0.5) is 0 Å². The Hall–Kier alpha value is -1.38. The lowest BCUT2D eigenvalue weighted by Gasteiger charge is -2.02. The lowest BCUT2D eigenvalue weighted by molar-refractivity contribution is -0.125. The number of unbranched alkanes of at least 4 members (excludes halogenated alkanes) is 13. The number of carbonyl (C=O) groups excluding carboxylic acids is 2. The van der Waals surface area contributed by atoms with E-state index in [1.165, 1.54) is 83.1 Å². The standard InChI is InChI=1S/C22H39NO2/c1-4-5-6-7-8-9-10-11-12-13-14-15-16-17-18-19-21(24)23-22(25)20(2)3/h18-19H,2,4-17H2,1,3H3,(H,23,24,25). The van der Waals surface area contributed by atoms with Gasteiger partial charge in [0.2, 0.25) is 5.91 Å². The van der Waals surface area contributed by atoms with Crippen LogP contribution in [0.3, 0.4) is 0 Å². The molecule has 0 saturated carbocycles. The lowest BCUT2D eigenvalue weighted by atomic mass is 10.0. The third-order valence-corrected chi connectivity index (χ3v) is 4.37. The van der Waals surface area contributed by atoms with E-state index in [4.69, 9.17) is 0 Å². The number of allylic oxidation sites excluding steroid dienone is 1. The van der Waals surface area contributed by atoms with Gasteiger partial charge >= 0.3 is 0 Å². The van der Waals surface area contributed by atoms with Crippen LogP contribution < -0.4 is 5.32 Å². The molecule has 0 atom stereocenters. The van der Waals surface area contributed by atoms with Crippen LogP contribution in [-0.2, 0) is 9.59 Å². The van der Waals surface area contributed by atoms with Crippen LogP contribution in [0.2, 0.25) is 0 Å². The van der Waals surface area contributed by atoms with Crippen molar-refractivity contribution < 1.29 is 9.59 Å². The molecule has 0 aliphatic rings. The number of imide groups is 1. The highest BCUT2D eigenvalue weighted by Gasteiger charge is 2.04. The maximum absolute atomic E-state index is 11.4. The molecule has 0 spiro atoms. The largest absolute Gasteiger partial charge is 0.289 e. The second kappa shape index (κ2) is 17.4. The molecule has 1 N–H and O–H groups in total. The summed E-state index contributed by atoms with van der Waals surface area (Å²) in [6.45, 7) is 7.34. The fraction of sp³-hybridized carbons (Fsp3) is 0.727. The van der Waals surface area contributed by atoms with Gasteiger partial charge in [-0.3, -0.25) is 14.9 Å². The van der Waals surface area contributed by atoms with Gasteiger partial charge in [0.1, 0.15) is 0 Å². The number of rotatable bonds is 16. The summed E-state index contributed by atoms with van der Waals surface area (Å²) in [4.78, 5) is 22.7. The number of carbonyl (C=O) groups is 2. The van der Waals surface area contributed by atoms with Crippen LogP contribution in [0.1, 0.15) is 104 Å². The summed E-state index contributed by atoms with van der Waals surface area (Å²) in [7, 11) is 0. The highest BCUT2D eigenvalue weighted by atomic mass is 16.2. The molecule has 0 aromatic rings. The summed E-state index contributed by atoms with van der Waals surface area (Å²) in [5.74, 6) is -0.765. The molecule has 3 heteroatoms. The first-order valence-electron chi connectivity index (χ1n) is 10.2. The van der Waals surface area contributed by atoms with Gasteiger partial charge in [-0.05, 0) is 25.8 Å². The third-order valence-electron chi connectivity index (χ3n) is 4.37. The van der Waals surface area contributed by atoms with Gasteiger partial charge in [0.25, 0.3) is 5.91 Å². The Bertz CT molecular complexity index is 399. The second-order valence-electron chi connectivity index (χ2n) is 7.03. The normalized spacial score (nSPS) is 11.0. The quantitative estimate of drug-likeness (QED) is 0.265. The molecule has 0 aromatic carbocycles. The van der Waals surface area contributed by atoms with Crippen LogP contribution >= 0.6 is 0 Å². The molecular weight excluding hydrogens is 310 g/mol. The molecule has 0 fully saturated rings. The predicted octanol–water partition coefficient (Wildman–Crippen LogP) is 6.24. The van der Waals surface area contributed by atoms with Gasteiger partial charge in [0, 0.05) is 5.57 Å². The van der Waals surface area contributed by atoms with Crippen LogP contribution in [0.15, 0.2) is 24.3 Å². The Kier molecular flexibility index (Phi) is 16.5. The van der Waals surface area contributed by atoms with Crippen molar-refractivity contribution in [3.05, 3.63) is 24.3 Å². The fourth-order valence-corrected chi connectivity index (χ4v) is 2.73. The van der Waals surface area contributed by atoms with Gasteiger partial charge in [0.05, 0.1) is 0 Å². The molecule has 0 aliphatic heterocycles. The highest BCUT2D eigenvalue weighted by molar-refractivity contribution is 6.07. The van der Waals surface area contributed by atoms with Gasteiger partial charge in [-0.2, -0.15) is 0 Å². The molecule has 0 aromatic heterocycles. The zero-order valence-electron chi connectivity index (χ0n) is 16.6. The maximum atomic E-state index is 11.4. The van der Waals surface area contributed by atoms with E-state index in [1.54, 1.807) is 6.92 Å². The molecule has 0 saturated heterocycles. The average Bonchev–Trinajstić information content (AvgIpc) is 2.58. The van der Waals surface area contributed by atoms with Crippen LogP contribution in [0, 0.1) is 0 Å². The average molecular weight is 350 g/mol. The summed E-state index contributed by atoms with van der Waals surface area (Å²) in [5.41, 5.74) is 0.346. The van der Waals surface area contributed by atoms with Gasteiger partial charge in [-0.25, -0.2) is 0 Å². The zero-order chi connectivity index (χ0) is 18.8. The molecule has 0 radical (unpaired) electrons. The van der Waals surface area contributed by atoms with E-state index < -0.39 is 5.91 Å². The molecular formula is C22H39NO2. The molecule has 0 aliphatic carbocycles. The summed E-state index contributed by atoms with van der Waals surface area (Å²) in [6.07, 6.45) is 21.6. The monoisotopic (exact) mass is 349 g/mol. The van der Waals surface area contributed by atoms with Gasteiger partial charge in [-0.1, -0.05) is 96.6 Å². The predicted molar refractivity (Wildman–Crippen MR) is 107 cm³/mol. The molecule has 2 amide bonds. The highest BCUT2D eigenvalue weighted by Crippen LogP contribution is 2.12. The van der Waals surface area contributed by atoms with Crippen molar-refractivity contribution in [2.24, 2.45) is 0 Å². The van der Waals surface area contributed by atoms with E-state index in [2.05, 4.69) is 18.8 Å². The Balaban J connectivity index is 3.30. The van der Waals surface area contributed by atoms with Crippen LogP contribution in [0.5, 0.6) is 0 Å². The van der Waals surface area contributed by atoms with Gasteiger partial charge < -0.3 is 0 Å². The molecule has 0 heterocycles. The van der Waals surface area contributed by atoms with Crippen LogP contribution in [-0.4, -0.2) is 11.8 Å². The van der Waals surface area contributed by atoms with E-state index in [1.807, 2.05) is 6.08 Å². The van der Waals surface area contributed by atoms with Crippen molar-refractivity contribution in [3.8, 4) is 0 Å². The molecule has 144 valence electrons. The van der Waals surface area contributed by atoms with E-state index in [9.17, 15) is 9.59 Å². The minimum absolute atomic E-state index is 0.346. The number of nitrogens with one attached hydrogen (secondary N) is 1. The SMILES string of the molecule is C=C(C)C(=O)NC(=O)C=CCCCCCCCCCCCCCCC. The molecule has 0 unspecified atom stereocenters. The number of hydrogen-bond donors (Lipinski definition) is 1. The summed E-state index contributed by atoms with van der Waals surface area (Å²) in [6, 6.07) is 0. The molecule has 0 bridgehead atoms. The molecule has 3 nitrogen and oxygen atoms in total. The Morgan fingerprint density at radius 2 is 1.24 bits per heavy atom. The van der Waals surface area contributed by atoms with Crippen molar-refractivity contribution in [1.82, 2.24) is 5.32 Å². The van der Waals surface area contributed by atoms with E-state index in [0.29, 0.717) is 5.57 Å². The van der Waals surface area contributed by atoms with Crippen molar-refractivity contribution in [3.63, 3.8) is 0 Å². The van der Waals surface area contributed by atoms with Crippen molar-refractivity contribution in [2.45, 2.75) is 104 Å². The molecule has 25 heavy (non-hydrogen) atoms. The number of amides is 2. The third kappa shape index (κ3) is 17.2. The summed E-state index contributed by atoms with van der Waals surface area (Å²) in [5, 5.41) is 2.26. The first-order valence-corrected chi connectivity index (χ1v) is 10.2. The van der Waals surface area contributed by atoms with Crippen molar-refractivity contribution >= 4 is 11.8 Å². The van der Waals surface area contributed by atoms with E-state index in [-0.39, 0.29) is 5.91 Å². The fourth-order valence-electron chi connectivity index (χ4n) is 2.73. The van der Waals surface area contributed by atoms with Crippen LogP contribution in [0.25, 0.3) is 0 Å². The van der Waals surface area contributed by atoms with E-state index in [0.717, 1.165) is 12.8 Å². The number of hydrogen-bond acceptors (Lipinski definition) is 2. The van der Waals surface area contributed by atoms with Gasteiger partial charge in [-0.15, -0.1) is 0 Å². The first-order chi connectivity index (χ1) is 12.1. The maximum Gasteiger partial charge on any atom is 0.253 e. The van der Waals surface area contributed by atoms with Crippen molar-refractivity contribution in [2.75, 3.05) is 0 Å².